The average Bonchev–Trinajstić information content (AvgIpc) is 2.63. The molecule has 0 unspecified atom stereocenters. The fourth-order valence-electron chi connectivity index (χ4n) is 5.10. The summed E-state index contributed by atoms with van der Waals surface area (Å²) in [6, 6.07) is 6.75. The summed E-state index contributed by atoms with van der Waals surface area (Å²) in [7, 11) is -3.73. The van der Waals surface area contributed by atoms with Crippen LogP contribution in [-0.2, 0) is 10.0 Å². The molecule has 0 aromatic heterocycles. The van der Waals surface area contributed by atoms with Crippen molar-refractivity contribution in [1.29, 1.82) is 0 Å². The SMILES string of the molecule is Cc1ccc(S(=O)(=O)NN=C2[C@H](C)CC[C@]3(O)[C@H](C)CC[C@@H](C(C)C)[C@H]23)cc1. The van der Waals surface area contributed by atoms with Crippen LogP contribution < -0.4 is 4.83 Å². The van der Waals surface area contributed by atoms with Crippen molar-refractivity contribution in [3.63, 3.8) is 0 Å². The highest BCUT2D eigenvalue weighted by Crippen LogP contribution is 2.51. The summed E-state index contributed by atoms with van der Waals surface area (Å²) in [5, 5.41) is 16.0. The van der Waals surface area contributed by atoms with Crippen LogP contribution in [0, 0.1) is 36.5 Å². The van der Waals surface area contributed by atoms with Gasteiger partial charge in [-0.1, -0.05) is 45.4 Å². The molecule has 0 spiro atoms. The van der Waals surface area contributed by atoms with Crippen molar-refractivity contribution in [3.8, 4) is 0 Å². The number of sulfonamides is 1. The van der Waals surface area contributed by atoms with Gasteiger partial charge in [0, 0.05) is 11.6 Å². The van der Waals surface area contributed by atoms with Gasteiger partial charge in [-0.2, -0.15) is 13.5 Å². The molecule has 5 nitrogen and oxygen atoms in total. The van der Waals surface area contributed by atoms with Gasteiger partial charge in [-0.3, -0.25) is 0 Å². The van der Waals surface area contributed by atoms with Crippen molar-refractivity contribution < 1.29 is 13.5 Å². The van der Waals surface area contributed by atoms with Gasteiger partial charge in [0.1, 0.15) is 0 Å². The molecular weight excluding hydrogens is 372 g/mol. The predicted molar refractivity (Wildman–Crippen MR) is 112 cm³/mol. The molecule has 0 radical (unpaired) electrons. The van der Waals surface area contributed by atoms with Crippen molar-refractivity contribution in [2.24, 2.45) is 34.7 Å². The number of aliphatic hydroxyl groups is 1. The molecule has 28 heavy (non-hydrogen) atoms. The first kappa shape index (κ1) is 21.3. The highest BCUT2D eigenvalue weighted by molar-refractivity contribution is 7.89. The van der Waals surface area contributed by atoms with Crippen LogP contribution in [0.4, 0.5) is 0 Å². The van der Waals surface area contributed by atoms with E-state index in [1.807, 2.05) is 6.92 Å². The predicted octanol–water partition coefficient (Wildman–Crippen LogP) is 4.11. The molecule has 0 heterocycles. The van der Waals surface area contributed by atoms with E-state index >= 15 is 0 Å². The minimum atomic E-state index is -3.73. The van der Waals surface area contributed by atoms with E-state index in [1.54, 1.807) is 24.3 Å². The number of nitrogens with one attached hydrogen (secondary N) is 1. The summed E-state index contributed by atoms with van der Waals surface area (Å²) >= 11 is 0. The topological polar surface area (TPSA) is 78.8 Å². The van der Waals surface area contributed by atoms with Gasteiger partial charge in [0.05, 0.1) is 10.5 Å². The number of nitrogens with zero attached hydrogens (tertiary/aromatic N) is 1. The Kier molecular flexibility index (Phi) is 5.93. The van der Waals surface area contributed by atoms with Crippen molar-refractivity contribution >= 4 is 15.7 Å². The maximum absolute atomic E-state index is 12.7. The van der Waals surface area contributed by atoms with Crippen LogP contribution >= 0.6 is 0 Å². The van der Waals surface area contributed by atoms with Crippen molar-refractivity contribution in [3.05, 3.63) is 29.8 Å². The van der Waals surface area contributed by atoms with Crippen LogP contribution in [0.2, 0.25) is 0 Å². The lowest BCUT2D eigenvalue weighted by molar-refractivity contribution is -0.111. The number of hydrogen-bond donors (Lipinski definition) is 2. The van der Waals surface area contributed by atoms with Gasteiger partial charge in [0.2, 0.25) is 0 Å². The smallest absolute Gasteiger partial charge is 0.276 e. The van der Waals surface area contributed by atoms with Gasteiger partial charge in [-0.25, -0.2) is 4.83 Å². The fraction of sp³-hybridized carbons (Fsp3) is 0.682. The maximum atomic E-state index is 12.7. The highest BCUT2D eigenvalue weighted by atomic mass is 32.2. The number of benzene rings is 1. The third-order valence-electron chi connectivity index (χ3n) is 7.04. The zero-order valence-electron chi connectivity index (χ0n) is 17.6. The Bertz CT molecular complexity index is 832. The molecule has 2 aliphatic carbocycles. The number of aryl methyl sites for hydroxylation is 1. The summed E-state index contributed by atoms with van der Waals surface area (Å²) in [6.45, 7) is 10.5. The molecule has 0 amide bonds. The van der Waals surface area contributed by atoms with E-state index in [1.165, 1.54) is 0 Å². The fourth-order valence-corrected chi connectivity index (χ4v) is 5.92. The monoisotopic (exact) mass is 406 g/mol. The van der Waals surface area contributed by atoms with Gasteiger partial charge in [0.25, 0.3) is 10.0 Å². The Balaban J connectivity index is 1.96. The Labute approximate surface area is 169 Å². The van der Waals surface area contributed by atoms with Gasteiger partial charge in [-0.05, 0) is 68.4 Å². The lowest BCUT2D eigenvalue weighted by Gasteiger charge is -2.54. The molecule has 2 N–H and O–H groups in total. The molecule has 0 aliphatic heterocycles. The molecule has 1 aromatic carbocycles. The second-order valence-electron chi connectivity index (χ2n) is 9.24. The van der Waals surface area contributed by atoms with Crippen molar-refractivity contribution in [2.45, 2.75) is 70.8 Å². The number of fused-ring (bicyclic) bond motifs is 1. The van der Waals surface area contributed by atoms with Crippen LogP contribution in [0.25, 0.3) is 0 Å². The molecular formula is C22H34N2O3S. The summed E-state index contributed by atoms with van der Waals surface area (Å²) in [5.74, 6) is 0.969. The molecule has 3 rings (SSSR count). The molecule has 2 fully saturated rings. The lowest BCUT2D eigenvalue weighted by Crippen LogP contribution is -2.59. The van der Waals surface area contributed by atoms with E-state index in [-0.39, 0.29) is 22.6 Å². The third kappa shape index (κ3) is 3.86. The first-order valence-electron chi connectivity index (χ1n) is 10.4. The minimum Gasteiger partial charge on any atom is -0.389 e. The second-order valence-corrected chi connectivity index (χ2v) is 10.9. The Hall–Kier alpha value is -1.40. The van der Waals surface area contributed by atoms with Crippen LogP contribution in [0.15, 0.2) is 34.3 Å². The first-order chi connectivity index (χ1) is 13.1. The van der Waals surface area contributed by atoms with Crippen LogP contribution in [0.5, 0.6) is 0 Å². The van der Waals surface area contributed by atoms with Crippen molar-refractivity contribution in [2.75, 3.05) is 0 Å². The van der Waals surface area contributed by atoms with Gasteiger partial charge in [-0.15, -0.1) is 0 Å². The van der Waals surface area contributed by atoms with Gasteiger partial charge >= 0.3 is 0 Å². The largest absolute Gasteiger partial charge is 0.389 e. The molecule has 5 atom stereocenters. The molecule has 2 saturated carbocycles. The third-order valence-corrected chi connectivity index (χ3v) is 8.26. The zero-order chi connectivity index (χ0) is 20.7. The summed E-state index contributed by atoms with van der Waals surface area (Å²) in [4.78, 5) is 2.68. The standard InChI is InChI=1S/C22H34N2O3S/c1-14(2)19-11-8-17(5)22(25)13-12-16(4)21(20(19)22)23-24-28(26,27)18-9-6-15(3)7-10-18/h6-7,9-10,14,16-17,19-20,24-25H,8,11-13H2,1-5H3/t16-,17-,19+,20-,22+/m1/s1. The van der Waals surface area contributed by atoms with E-state index in [9.17, 15) is 13.5 Å². The second kappa shape index (κ2) is 7.79. The highest BCUT2D eigenvalue weighted by Gasteiger charge is 2.54. The number of hydrogen-bond acceptors (Lipinski definition) is 4. The average molecular weight is 407 g/mol. The van der Waals surface area contributed by atoms with E-state index in [2.05, 4.69) is 37.6 Å². The number of rotatable bonds is 4. The summed E-state index contributed by atoms with van der Waals surface area (Å²) in [5.41, 5.74) is 1.02. The molecule has 2 aliphatic rings. The summed E-state index contributed by atoms with van der Waals surface area (Å²) in [6.07, 6.45) is 3.63. The van der Waals surface area contributed by atoms with Crippen LogP contribution in [-0.4, -0.2) is 24.8 Å². The minimum absolute atomic E-state index is 0.0966. The van der Waals surface area contributed by atoms with Gasteiger partial charge < -0.3 is 5.11 Å². The first-order valence-corrected chi connectivity index (χ1v) is 11.9. The molecule has 156 valence electrons. The Morgan fingerprint density at radius 3 is 2.39 bits per heavy atom. The van der Waals surface area contributed by atoms with E-state index in [4.69, 9.17) is 0 Å². The molecule has 0 bridgehead atoms. The molecule has 6 heteroatoms. The normalized spacial score (nSPS) is 35.0. The van der Waals surface area contributed by atoms with Crippen LogP contribution in [0.3, 0.4) is 0 Å². The Morgan fingerprint density at radius 2 is 1.79 bits per heavy atom. The van der Waals surface area contributed by atoms with E-state index in [0.29, 0.717) is 11.8 Å². The molecule has 0 saturated heterocycles. The summed E-state index contributed by atoms with van der Waals surface area (Å²) < 4.78 is 25.5. The van der Waals surface area contributed by atoms with Crippen molar-refractivity contribution in [1.82, 2.24) is 4.83 Å². The van der Waals surface area contributed by atoms with Gasteiger partial charge in [0.15, 0.2) is 0 Å². The zero-order valence-corrected chi connectivity index (χ0v) is 18.5. The quantitative estimate of drug-likeness (QED) is 0.739. The van der Waals surface area contributed by atoms with E-state index < -0.39 is 15.6 Å². The maximum Gasteiger partial charge on any atom is 0.276 e. The molecule has 1 aromatic rings. The number of hydrazone groups is 1. The Morgan fingerprint density at radius 1 is 1.14 bits per heavy atom. The van der Waals surface area contributed by atoms with E-state index in [0.717, 1.165) is 37.0 Å². The lowest BCUT2D eigenvalue weighted by atomic mass is 9.54. The van der Waals surface area contributed by atoms with Crippen LogP contribution in [0.1, 0.15) is 58.9 Å².